The van der Waals surface area contributed by atoms with E-state index in [9.17, 15) is 23.2 Å². The van der Waals surface area contributed by atoms with Crippen molar-refractivity contribution < 1.29 is 27.9 Å². The molecule has 0 atom stereocenters. The van der Waals surface area contributed by atoms with Gasteiger partial charge in [-0.25, -0.2) is 28.1 Å². The number of anilines is 1. The van der Waals surface area contributed by atoms with Crippen LogP contribution in [0.3, 0.4) is 0 Å². The Bertz CT molecular complexity index is 1510. The highest BCUT2D eigenvalue weighted by Crippen LogP contribution is 2.34. The molecule has 0 spiro atoms. The van der Waals surface area contributed by atoms with Gasteiger partial charge in [-0.3, -0.25) is 9.59 Å². The van der Waals surface area contributed by atoms with Gasteiger partial charge in [0.25, 0.3) is 11.8 Å². The van der Waals surface area contributed by atoms with Crippen LogP contribution in [0, 0.1) is 18.6 Å². The van der Waals surface area contributed by atoms with Crippen molar-refractivity contribution in [2.45, 2.75) is 13.8 Å². The normalized spacial score (nSPS) is 13.0. The second kappa shape index (κ2) is 7.84. The Morgan fingerprint density at radius 3 is 2.38 bits per heavy atom. The van der Waals surface area contributed by atoms with Crippen molar-refractivity contribution in [2.24, 2.45) is 0 Å². The number of amides is 2. The number of aryl methyl sites for hydroxylation is 1. The van der Waals surface area contributed by atoms with Gasteiger partial charge in [0.1, 0.15) is 0 Å². The monoisotopic (exact) mass is 462 g/mol. The number of hydrogen-bond acceptors (Lipinski definition) is 6. The standard InChI is InChI=1S/C24H16F2N4O4/c1-3-34-24(33)13-4-6-14(7-5-13)29-22(31)16-11-27-21-19(20(16)23(29)32)12(2)28-30(21)15-8-9-17(25)18(26)10-15/h4-11H,3H2,1-2H3. The fourth-order valence-electron chi connectivity index (χ4n) is 3.95. The summed E-state index contributed by atoms with van der Waals surface area (Å²) in [5, 5.41) is 4.68. The van der Waals surface area contributed by atoms with Crippen molar-refractivity contribution in [1.82, 2.24) is 14.8 Å². The molecule has 4 aromatic rings. The highest BCUT2D eigenvalue weighted by atomic mass is 19.2. The van der Waals surface area contributed by atoms with Crippen LogP contribution >= 0.6 is 0 Å². The second-order valence-electron chi connectivity index (χ2n) is 7.55. The number of carbonyl (C=O) groups is 3. The summed E-state index contributed by atoms with van der Waals surface area (Å²) in [7, 11) is 0. The Kier molecular flexibility index (Phi) is 4.93. The molecule has 0 saturated heterocycles. The molecule has 0 unspecified atom stereocenters. The molecule has 0 radical (unpaired) electrons. The number of benzene rings is 2. The van der Waals surface area contributed by atoms with E-state index in [0.29, 0.717) is 11.1 Å². The first-order chi connectivity index (χ1) is 16.3. The van der Waals surface area contributed by atoms with Gasteiger partial charge in [-0.1, -0.05) is 0 Å². The Morgan fingerprint density at radius 1 is 1.00 bits per heavy atom. The molecule has 2 amide bonds. The lowest BCUT2D eigenvalue weighted by Gasteiger charge is -2.14. The number of aromatic nitrogens is 3. The SMILES string of the molecule is CCOC(=O)c1ccc(N2C(=O)c3cnc4c(c(C)nn4-c4ccc(F)c(F)c4)c3C2=O)cc1. The zero-order valence-electron chi connectivity index (χ0n) is 18.0. The number of ether oxygens (including phenoxy) is 1. The molecule has 34 heavy (non-hydrogen) atoms. The van der Waals surface area contributed by atoms with Crippen molar-refractivity contribution in [3.05, 3.63) is 82.7 Å². The lowest BCUT2D eigenvalue weighted by Crippen LogP contribution is -2.29. The molecule has 3 heterocycles. The van der Waals surface area contributed by atoms with Crippen molar-refractivity contribution in [1.29, 1.82) is 0 Å². The molecule has 170 valence electrons. The molecule has 10 heteroatoms. The van der Waals surface area contributed by atoms with Crippen LogP contribution in [0.4, 0.5) is 14.5 Å². The molecule has 0 bridgehead atoms. The summed E-state index contributed by atoms with van der Waals surface area (Å²) in [6, 6.07) is 9.18. The zero-order chi connectivity index (χ0) is 24.1. The van der Waals surface area contributed by atoms with Crippen molar-refractivity contribution >= 4 is 34.5 Å². The summed E-state index contributed by atoms with van der Waals surface area (Å²) >= 11 is 0. The van der Waals surface area contributed by atoms with E-state index < -0.39 is 29.4 Å². The Morgan fingerprint density at radius 2 is 1.71 bits per heavy atom. The highest BCUT2D eigenvalue weighted by Gasteiger charge is 2.40. The van der Waals surface area contributed by atoms with E-state index in [-0.39, 0.29) is 40.3 Å². The quantitative estimate of drug-likeness (QED) is 0.336. The largest absolute Gasteiger partial charge is 0.462 e. The molecule has 0 N–H and O–H groups in total. The van der Waals surface area contributed by atoms with Gasteiger partial charge in [0, 0.05) is 12.3 Å². The third-order valence-electron chi connectivity index (χ3n) is 5.51. The second-order valence-corrected chi connectivity index (χ2v) is 7.55. The molecular weight excluding hydrogens is 446 g/mol. The van der Waals surface area contributed by atoms with E-state index in [2.05, 4.69) is 10.1 Å². The van der Waals surface area contributed by atoms with E-state index >= 15 is 0 Å². The Hall–Kier alpha value is -4.47. The molecule has 2 aromatic heterocycles. The van der Waals surface area contributed by atoms with Crippen LogP contribution in [0.25, 0.3) is 16.7 Å². The Balaban J connectivity index is 1.59. The first-order valence-electron chi connectivity index (χ1n) is 10.3. The number of esters is 1. The lowest BCUT2D eigenvalue weighted by atomic mass is 10.1. The summed E-state index contributed by atoms with van der Waals surface area (Å²) in [5.74, 6) is -3.72. The van der Waals surface area contributed by atoms with Gasteiger partial charge in [-0.15, -0.1) is 0 Å². The number of hydrogen-bond donors (Lipinski definition) is 0. The van der Waals surface area contributed by atoms with E-state index in [1.54, 1.807) is 13.8 Å². The first kappa shape index (κ1) is 21.4. The van der Waals surface area contributed by atoms with Gasteiger partial charge in [0.2, 0.25) is 0 Å². The van der Waals surface area contributed by atoms with Crippen LogP contribution in [0.15, 0.2) is 48.7 Å². The average Bonchev–Trinajstić information content (AvgIpc) is 3.29. The number of carbonyl (C=O) groups excluding carboxylic acids is 3. The third-order valence-corrected chi connectivity index (χ3v) is 5.51. The maximum Gasteiger partial charge on any atom is 0.338 e. The number of fused-ring (bicyclic) bond motifs is 3. The number of nitrogens with zero attached hydrogens (tertiary/aromatic N) is 4. The number of rotatable bonds is 4. The van der Waals surface area contributed by atoms with Gasteiger partial charge >= 0.3 is 5.97 Å². The van der Waals surface area contributed by atoms with Crippen molar-refractivity contribution in [3.8, 4) is 5.69 Å². The molecule has 0 saturated carbocycles. The molecule has 0 aliphatic carbocycles. The average molecular weight is 462 g/mol. The summed E-state index contributed by atoms with van der Waals surface area (Å²) in [4.78, 5) is 43.7. The fourth-order valence-corrected chi connectivity index (χ4v) is 3.95. The molecular formula is C24H16F2N4O4. The van der Waals surface area contributed by atoms with Gasteiger partial charge in [-0.05, 0) is 50.2 Å². The summed E-state index contributed by atoms with van der Waals surface area (Å²) in [6.45, 7) is 3.55. The minimum absolute atomic E-state index is 0.0971. The third kappa shape index (κ3) is 3.14. The van der Waals surface area contributed by atoms with E-state index in [1.807, 2.05) is 0 Å². The van der Waals surface area contributed by atoms with Gasteiger partial charge in [-0.2, -0.15) is 5.10 Å². The number of imide groups is 1. The van der Waals surface area contributed by atoms with Gasteiger partial charge in [0.05, 0.1) is 45.8 Å². The first-order valence-corrected chi connectivity index (χ1v) is 10.3. The van der Waals surface area contributed by atoms with Crippen LogP contribution in [-0.2, 0) is 4.74 Å². The van der Waals surface area contributed by atoms with Crippen LogP contribution in [-0.4, -0.2) is 39.2 Å². The Labute approximate surface area is 191 Å². The summed E-state index contributed by atoms with van der Waals surface area (Å²) < 4.78 is 33.4. The molecule has 5 rings (SSSR count). The van der Waals surface area contributed by atoms with Crippen LogP contribution in [0.2, 0.25) is 0 Å². The van der Waals surface area contributed by atoms with Crippen LogP contribution < -0.4 is 4.90 Å². The van der Waals surface area contributed by atoms with Gasteiger partial charge in [0.15, 0.2) is 17.3 Å². The summed E-state index contributed by atoms with van der Waals surface area (Å²) in [6.07, 6.45) is 1.27. The molecule has 0 fully saturated rings. The minimum Gasteiger partial charge on any atom is -0.462 e. The number of pyridine rings is 1. The lowest BCUT2D eigenvalue weighted by molar-refractivity contribution is 0.0526. The molecule has 8 nitrogen and oxygen atoms in total. The van der Waals surface area contributed by atoms with Crippen molar-refractivity contribution in [3.63, 3.8) is 0 Å². The molecule has 1 aliphatic heterocycles. The predicted octanol–water partition coefficient (Wildman–Crippen LogP) is 3.98. The van der Waals surface area contributed by atoms with E-state index in [1.165, 1.54) is 41.2 Å². The van der Waals surface area contributed by atoms with Crippen LogP contribution in [0.5, 0.6) is 0 Å². The maximum atomic E-state index is 13.8. The topological polar surface area (TPSA) is 94.4 Å². The molecule has 2 aromatic carbocycles. The van der Waals surface area contributed by atoms with E-state index in [4.69, 9.17) is 4.74 Å². The maximum absolute atomic E-state index is 13.8. The zero-order valence-corrected chi connectivity index (χ0v) is 18.0. The van der Waals surface area contributed by atoms with Crippen molar-refractivity contribution in [2.75, 3.05) is 11.5 Å². The molecule has 1 aliphatic rings. The minimum atomic E-state index is -1.05. The van der Waals surface area contributed by atoms with Gasteiger partial charge < -0.3 is 4.74 Å². The fraction of sp³-hybridized carbons (Fsp3) is 0.125. The number of halogens is 2. The summed E-state index contributed by atoms with van der Waals surface area (Å²) in [5.41, 5.74) is 1.61. The smallest absolute Gasteiger partial charge is 0.338 e. The highest BCUT2D eigenvalue weighted by molar-refractivity contribution is 6.37. The predicted molar refractivity (Wildman–Crippen MR) is 117 cm³/mol. The van der Waals surface area contributed by atoms with Crippen LogP contribution in [0.1, 0.15) is 43.7 Å². The van der Waals surface area contributed by atoms with E-state index in [0.717, 1.165) is 17.0 Å².